The minimum absolute atomic E-state index is 0.0462. The Morgan fingerprint density at radius 3 is 2.12 bits per heavy atom. The standard InChI is InChI=1S/C20H21N5O/c26-15-16-1-3-17(4-2-16)19-20(23-10-9-22-19)25-13-11-24(12-14-25)18-5-7-21-8-6-18/h1-10,26H,11-15H2. The molecule has 1 N–H and O–H groups in total. The summed E-state index contributed by atoms with van der Waals surface area (Å²) in [5.41, 5.74) is 4.00. The maximum absolute atomic E-state index is 9.23. The molecule has 6 heteroatoms. The fraction of sp³-hybridized carbons (Fsp3) is 0.250. The first-order valence-electron chi connectivity index (χ1n) is 8.76. The van der Waals surface area contributed by atoms with Gasteiger partial charge in [-0.05, 0) is 17.7 Å². The minimum Gasteiger partial charge on any atom is -0.392 e. The molecule has 1 fully saturated rings. The van der Waals surface area contributed by atoms with E-state index in [9.17, 15) is 5.11 Å². The van der Waals surface area contributed by atoms with Gasteiger partial charge in [0.25, 0.3) is 0 Å². The fourth-order valence-corrected chi connectivity index (χ4v) is 3.27. The molecule has 0 unspecified atom stereocenters. The molecule has 0 aliphatic carbocycles. The fourth-order valence-electron chi connectivity index (χ4n) is 3.27. The van der Waals surface area contributed by atoms with Crippen molar-refractivity contribution in [1.29, 1.82) is 0 Å². The van der Waals surface area contributed by atoms with Gasteiger partial charge in [-0.3, -0.25) is 9.97 Å². The monoisotopic (exact) mass is 347 g/mol. The second-order valence-corrected chi connectivity index (χ2v) is 6.26. The van der Waals surface area contributed by atoms with Crippen LogP contribution in [-0.4, -0.2) is 46.2 Å². The van der Waals surface area contributed by atoms with Crippen LogP contribution in [0.15, 0.2) is 61.2 Å². The predicted octanol–water partition coefficient (Wildman–Crippen LogP) is 2.36. The maximum Gasteiger partial charge on any atom is 0.155 e. The first-order chi connectivity index (χ1) is 12.8. The van der Waals surface area contributed by atoms with E-state index in [1.165, 1.54) is 5.69 Å². The number of hydrogen-bond donors (Lipinski definition) is 1. The molecule has 1 aliphatic heterocycles. The summed E-state index contributed by atoms with van der Waals surface area (Å²) in [4.78, 5) is 17.9. The van der Waals surface area contributed by atoms with E-state index < -0.39 is 0 Å². The molecule has 0 radical (unpaired) electrons. The molecule has 6 nitrogen and oxygen atoms in total. The highest BCUT2D eigenvalue weighted by Gasteiger charge is 2.21. The van der Waals surface area contributed by atoms with Gasteiger partial charge in [0.2, 0.25) is 0 Å². The highest BCUT2D eigenvalue weighted by molar-refractivity contribution is 5.72. The van der Waals surface area contributed by atoms with Gasteiger partial charge in [-0.1, -0.05) is 24.3 Å². The highest BCUT2D eigenvalue weighted by atomic mass is 16.3. The number of piperazine rings is 1. The van der Waals surface area contributed by atoms with Crippen molar-refractivity contribution in [2.24, 2.45) is 0 Å². The molecule has 1 aromatic carbocycles. The molecule has 0 amide bonds. The molecule has 4 rings (SSSR count). The number of aromatic nitrogens is 3. The van der Waals surface area contributed by atoms with E-state index in [0.29, 0.717) is 0 Å². The number of aliphatic hydroxyl groups is 1. The molecule has 0 spiro atoms. The van der Waals surface area contributed by atoms with Crippen LogP contribution in [0, 0.1) is 0 Å². The van der Waals surface area contributed by atoms with Crippen molar-refractivity contribution in [1.82, 2.24) is 15.0 Å². The Balaban J connectivity index is 1.54. The number of anilines is 2. The van der Waals surface area contributed by atoms with Crippen LogP contribution < -0.4 is 9.80 Å². The van der Waals surface area contributed by atoms with Gasteiger partial charge < -0.3 is 14.9 Å². The smallest absolute Gasteiger partial charge is 0.155 e. The largest absolute Gasteiger partial charge is 0.392 e. The SMILES string of the molecule is OCc1ccc(-c2nccnc2N2CCN(c3ccncc3)CC2)cc1. The van der Waals surface area contributed by atoms with E-state index in [1.807, 2.05) is 48.8 Å². The van der Waals surface area contributed by atoms with Crippen molar-refractivity contribution < 1.29 is 5.11 Å². The average molecular weight is 347 g/mol. The normalized spacial score (nSPS) is 14.5. The lowest BCUT2D eigenvalue weighted by Gasteiger charge is -2.37. The maximum atomic E-state index is 9.23. The molecule has 3 aromatic rings. The van der Waals surface area contributed by atoms with E-state index in [4.69, 9.17) is 0 Å². The topological polar surface area (TPSA) is 65.4 Å². The van der Waals surface area contributed by atoms with Crippen molar-refractivity contribution in [3.05, 3.63) is 66.7 Å². The summed E-state index contributed by atoms with van der Waals surface area (Å²) in [6.07, 6.45) is 7.14. The first-order valence-corrected chi connectivity index (χ1v) is 8.76. The Morgan fingerprint density at radius 1 is 0.769 bits per heavy atom. The predicted molar refractivity (Wildman–Crippen MR) is 102 cm³/mol. The van der Waals surface area contributed by atoms with Crippen LogP contribution >= 0.6 is 0 Å². The summed E-state index contributed by atoms with van der Waals surface area (Å²) in [6, 6.07) is 11.9. The van der Waals surface area contributed by atoms with Gasteiger partial charge in [-0.15, -0.1) is 0 Å². The molecule has 0 bridgehead atoms. The van der Waals surface area contributed by atoms with Crippen molar-refractivity contribution in [3.63, 3.8) is 0 Å². The van der Waals surface area contributed by atoms with Crippen LogP contribution in [0.2, 0.25) is 0 Å². The molecule has 2 aromatic heterocycles. The van der Waals surface area contributed by atoms with E-state index >= 15 is 0 Å². The van der Waals surface area contributed by atoms with Gasteiger partial charge in [0.1, 0.15) is 5.69 Å². The molecule has 3 heterocycles. The van der Waals surface area contributed by atoms with Crippen LogP contribution in [0.4, 0.5) is 11.5 Å². The summed E-state index contributed by atoms with van der Waals surface area (Å²) < 4.78 is 0. The Labute approximate surface area is 152 Å². The molecule has 26 heavy (non-hydrogen) atoms. The lowest BCUT2D eigenvalue weighted by molar-refractivity contribution is 0.282. The van der Waals surface area contributed by atoms with E-state index in [-0.39, 0.29) is 6.61 Å². The van der Waals surface area contributed by atoms with Crippen molar-refractivity contribution in [3.8, 4) is 11.3 Å². The lowest BCUT2D eigenvalue weighted by atomic mass is 10.1. The summed E-state index contributed by atoms with van der Waals surface area (Å²) in [5, 5.41) is 9.23. The second kappa shape index (κ2) is 7.49. The Bertz CT molecular complexity index is 846. The molecule has 1 saturated heterocycles. The van der Waals surface area contributed by atoms with E-state index in [2.05, 4.69) is 24.8 Å². The number of hydrogen-bond acceptors (Lipinski definition) is 6. The molecular formula is C20H21N5O. The van der Waals surface area contributed by atoms with Gasteiger partial charge in [0.15, 0.2) is 5.82 Å². The summed E-state index contributed by atoms with van der Waals surface area (Å²) in [7, 11) is 0. The average Bonchev–Trinajstić information content (AvgIpc) is 2.75. The van der Waals surface area contributed by atoms with Crippen LogP contribution in [0.25, 0.3) is 11.3 Å². The van der Waals surface area contributed by atoms with Gasteiger partial charge in [-0.25, -0.2) is 4.98 Å². The summed E-state index contributed by atoms with van der Waals surface area (Å²) in [5.74, 6) is 0.915. The second-order valence-electron chi connectivity index (χ2n) is 6.26. The van der Waals surface area contributed by atoms with E-state index in [1.54, 1.807) is 12.4 Å². The highest BCUT2D eigenvalue weighted by Crippen LogP contribution is 2.28. The number of pyridine rings is 1. The molecule has 0 atom stereocenters. The summed E-state index contributed by atoms with van der Waals surface area (Å²) >= 11 is 0. The third-order valence-electron chi connectivity index (χ3n) is 4.70. The minimum atomic E-state index is 0.0462. The van der Waals surface area contributed by atoms with Crippen molar-refractivity contribution in [2.45, 2.75) is 6.61 Å². The quantitative estimate of drug-likeness (QED) is 0.782. The lowest BCUT2D eigenvalue weighted by Crippen LogP contribution is -2.47. The molecular weight excluding hydrogens is 326 g/mol. The van der Waals surface area contributed by atoms with Crippen molar-refractivity contribution in [2.75, 3.05) is 36.0 Å². The Hall–Kier alpha value is -2.99. The number of nitrogens with zero attached hydrogens (tertiary/aromatic N) is 5. The molecule has 0 saturated carbocycles. The van der Waals surface area contributed by atoms with Crippen LogP contribution in [0.3, 0.4) is 0 Å². The summed E-state index contributed by atoms with van der Waals surface area (Å²) in [6.45, 7) is 3.70. The third-order valence-corrected chi connectivity index (χ3v) is 4.70. The third kappa shape index (κ3) is 3.36. The van der Waals surface area contributed by atoms with Gasteiger partial charge in [0, 0.05) is 62.2 Å². The molecule has 132 valence electrons. The number of benzene rings is 1. The van der Waals surface area contributed by atoms with Crippen LogP contribution in [0.1, 0.15) is 5.56 Å². The number of aliphatic hydroxyl groups excluding tert-OH is 1. The zero-order chi connectivity index (χ0) is 17.8. The van der Waals surface area contributed by atoms with Crippen LogP contribution in [0.5, 0.6) is 0 Å². The van der Waals surface area contributed by atoms with E-state index in [0.717, 1.165) is 48.8 Å². The first kappa shape index (κ1) is 16.5. The van der Waals surface area contributed by atoms with Crippen LogP contribution in [-0.2, 0) is 6.61 Å². The van der Waals surface area contributed by atoms with Gasteiger partial charge >= 0.3 is 0 Å². The Morgan fingerprint density at radius 2 is 1.42 bits per heavy atom. The zero-order valence-electron chi connectivity index (χ0n) is 14.5. The molecule has 1 aliphatic rings. The number of rotatable bonds is 4. The Kier molecular flexibility index (Phi) is 4.75. The van der Waals surface area contributed by atoms with Crippen molar-refractivity contribution >= 4 is 11.5 Å². The zero-order valence-corrected chi connectivity index (χ0v) is 14.5. The van der Waals surface area contributed by atoms with Gasteiger partial charge in [0.05, 0.1) is 6.61 Å². The van der Waals surface area contributed by atoms with Gasteiger partial charge in [-0.2, -0.15) is 0 Å².